The summed E-state index contributed by atoms with van der Waals surface area (Å²) in [4.78, 5) is 26.2. The second-order valence-electron chi connectivity index (χ2n) is 11.4. The number of hydrogen-bond acceptors (Lipinski definition) is 4. The number of hydrogen-bond donors (Lipinski definition) is 2. The molecule has 0 heterocycles. The van der Waals surface area contributed by atoms with Crippen molar-refractivity contribution in [3.8, 4) is 22.3 Å². The Kier molecular flexibility index (Phi) is 10.9. The first kappa shape index (κ1) is 36.0. The number of halogens is 6. The number of carbonyl (C=O) groups is 2. The zero-order valence-electron chi connectivity index (χ0n) is 25.9. The number of ketones is 1. The molecule has 50 heavy (non-hydrogen) atoms. The first-order chi connectivity index (χ1) is 23.7. The molecule has 6 nitrogen and oxygen atoms in total. The molecule has 5 aromatic rings. The molecule has 0 bridgehead atoms. The number of anilines is 1. The van der Waals surface area contributed by atoms with Crippen molar-refractivity contribution in [3.05, 3.63) is 149 Å². The summed E-state index contributed by atoms with van der Waals surface area (Å²) in [7, 11) is -4.21. The third-order valence-electron chi connectivity index (χ3n) is 8.00. The summed E-state index contributed by atoms with van der Waals surface area (Å²) in [5.41, 5.74) is 1.74. The zero-order chi connectivity index (χ0) is 36.2. The normalized spacial score (nSPS) is 12.1. The summed E-state index contributed by atoms with van der Waals surface area (Å²) in [6.07, 6.45) is -0.0838. The Morgan fingerprint density at radius 3 is 1.64 bits per heavy atom. The summed E-state index contributed by atoms with van der Waals surface area (Å²) in [5.74, 6) is -10.9. The minimum absolute atomic E-state index is 0.0666. The summed E-state index contributed by atoms with van der Waals surface area (Å²) < 4.78 is 114. The lowest BCUT2D eigenvalue weighted by Gasteiger charge is -2.19. The maximum Gasteiger partial charge on any atom is 0.264 e. The van der Waals surface area contributed by atoms with Gasteiger partial charge in [-0.15, -0.1) is 0 Å². The SMILES string of the molecule is O=C(CCCS(=O)(=O)O)c1ccc(CC(C(=O)Nc2ccc(-c3ccc(F)c(F)c3F)cc2)c2ccc(-c3ccc(F)c(F)c3F)cc2)cc1. The third-order valence-corrected chi connectivity index (χ3v) is 8.80. The van der Waals surface area contributed by atoms with E-state index in [1.165, 1.54) is 60.7 Å². The van der Waals surface area contributed by atoms with E-state index in [9.17, 15) is 44.3 Å². The lowest BCUT2D eigenvalue weighted by molar-refractivity contribution is -0.117. The Morgan fingerprint density at radius 1 is 0.640 bits per heavy atom. The van der Waals surface area contributed by atoms with Crippen LogP contribution in [0, 0.1) is 34.9 Å². The van der Waals surface area contributed by atoms with E-state index in [2.05, 4.69) is 5.32 Å². The summed E-state index contributed by atoms with van der Waals surface area (Å²) >= 11 is 0. The molecule has 5 aromatic carbocycles. The van der Waals surface area contributed by atoms with Crippen LogP contribution in [-0.4, -0.2) is 30.4 Å². The van der Waals surface area contributed by atoms with E-state index in [1.807, 2.05) is 0 Å². The zero-order valence-corrected chi connectivity index (χ0v) is 26.7. The quantitative estimate of drug-likeness (QED) is 0.0584. The third kappa shape index (κ3) is 8.47. The molecule has 0 saturated carbocycles. The number of nitrogens with one attached hydrogen (secondary N) is 1. The Balaban J connectivity index is 1.39. The van der Waals surface area contributed by atoms with Gasteiger partial charge in [0.2, 0.25) is 5.91 Å². The predicted molar refractivity (Wildman–Crippen MR) is 175 cm³/mol. The number of carbonyl (C=O) groups excluding carboxylic acids is 2. The van der Waals surface area contributed by atoms with Crippen molar-refractivity contribution in [2.45, 2.75) is 25.2 Å². The Morgan fingerprint density at radius 2 is 1.14 bits per heavy atom. The van der Waals surface area contributed by atoms with Gasteiger partial charge in [0, 0.05) is 28.8 Å². The van der Waals surface area contributed by atoms with Crippen molar-refractivity contribution in [2.24, 2.45) is 0 Å². The molecule has 13 heteroatoms. The van der Waals surface area contributed by atoms with Gasteiger partial charge in [-0.3, -0.25) is 14.1 Å². The van der Waals surface area contributed by atoms with E-state index in [0.29, 0.717) is 16.7 Å². The summed E-state index contributed by atoms with van der Waals surface area (Å²) in [5, 5.41) is 2.77. The molecule has 0 radical (unpaired) electrons. The number of Topliss-reactive ketones (excluding diaryl/α,β-unsaturated/α-hetero) is 1. The second kappa shape index (κ2) is 15.1. The smallest absolute Gasteiger partial charge is 0.264 e. The lowest BCUT2D eigenvalue weighted by Crippen LogP contribution is -2.23. The van der Waals surface area contributed by atoms with Crippen molar-refractivity contribution in [1.82, 2.24) is 0 Å². The maximum absolute atomic E-state index is 14.5. The van der Waals surface area contributed by atoms with Gasteiger partial charge in [-0.05, 0) is 71.5 Å². The van der Waals surface area contributed by atoms with E-state index in [-0.39, 0.29) is 53.0 Å². The first-order valence-electron chi connectivity index (χ1n) is 15.1. The second-order valence-corrected chi connectivity index (χ2v) is 13.0. The highest BCUT2D eigenvalue weighted by atomic mass is 32.2. The van der Waals surface area contributed by atoms with Crippen LogP contribution in [0.4, 0.5) is 32.0 Å². The van der Waals surface area contributed by atoms with E-state index >= 15 is 0 Å². The van der Waals surface area contributed by atoms with Gasteiger partial charge in [0.1, 0.15) is 0 Å². The molecule has 1 unspecified atom stereocenters. The van der Waals surface area contributed by atoms with Gasteiger partial charge in [-0.25, -0.2) is 26.3 Å². The molecule has 0 aliphatic rings. The van der Waals surface area contributed by atoms with Crippen LogP contribution >= 0.6 is 0 Å². The van der Waals surface area contributed by atoms with Crippen molar-refractivity contribution in [1.29, 1.82) is 0 Å². The average Bonchev–Trinajstić information content (AvgIpc) is 3.09. The van der Waals surface area contributed by atoms with Crippen molar-refractivity contribution in [2.75, 3.05) is 11.1 Å². The minimum Gasteiger partial charge on any atom is -0.326 e. The van der Waals surface area contributed by atoms with Gasteiger partial charge in [0.05, 0.1) is 11.7 Å². The van der Waals surface area contributed by atoms with Crippen LogP contribution in [0.5, 0.6) is 0 Å². The van der Waals surface area contributed by atoms with E-state index in [1.54, 1.807) is 12.1 Å². The van der Waals surface area contributed by atoms with Crippen LogP contribution in [0.1, 0.15) is 40.2 Å². The van der Waals surface area contributed by atoms with Gasteiger partial charge < -0.3 is 5.32 Å². The topological polar surface area (TPSA) is 101 Å². The van der Waals surface area contributed by atoms with Gasteiger partial charge in [-0.2, -0.15) is 8.42 Å². The molecule has 0 fully saturated rings. The molecule has 1 atom stereocenters. The summed E-state index contributed by atoms with van der Waals surface area (Å²) in [6.45, 7) is 0. The standard InChI is InChI=1S/C37H27F6NO5S/c38-30-17-15-27(33(40)35(30)42)22-7-9-24(10-8-22)29(20-21-3-5-25(6-4-21)32(45)2-1-19-50(47,48)49)37(46)44-26-13-11-23(12-14-26)28-16-18-31(39)36(43)34(28)41/h3-18,29H,1-2,19-20H2,(H,44,46)(H,47,48,49). The van der Waals surface area contributed by atoms with Crippen molar-refractivity contribution >= 4 is 27.5 Å². The van der Waals surface area contributed by atoms with Crippen LogP contribution in [0.25, 0.3) is 22.3 Å². The lowest BCUT2D eigenvalue weighted by atomic mass is 9.89. The van der Waals surface area contributed by atoms with E-state index in [4.69, 9.17) is 4.55 Å². The van der Waals surface area contributed by atoms with Crippen LogP contribution in [0.3, 0.4) is 0 Å². The highest BCUT2D eigenvalue weighted by Gasteiger charge is 2.23. The van der Waals surface area contributed by atoms with Crippen LogP contribution in [0.15, 0.2) is 97.1 Å². The monoisotopic (exact) mass is 711 g/mol. The van der Waals surface area contributed by atoms with Crippen LogP contribution in [-0.2, 0) is 21.3 Å². The molecule has 0 aliphatic heterocycles. The molecule has 0 aliphatic carbocycles. The Bertz CT molecular complexity index is 2160. The highest BCUT2D eigenvalue weighted by molar-refractivity contribution is 7.85. The maximum atomic E-state index is 14.5. The first-order valence-corrected chi connectivity index (χ1v) is 16.7. The van der Waals surface area contributed by atoms with E-state index < -0.39 is 62.6 Å². The van der Waals surface area contributed by atoms with Crippen LogP contribution in [0.2, 0.25) is 0 Å². The predicted octanol–water partition coefficient (Wildman–Crippen LogP) is 8.67. The fraction of sp³-hybridized carbons (Fsp3) is 0.135. The molecule has 0 aromatic heterocycles. The van der Waals surface area contributed by atoms with E-state index in [0.717, 1.165) is 24.3 Å². The Labute approximate surface area is 283 Å². The number of rotatable bonds is 12. The molecular formula is C37H27F6NO5S. The van der Waals surface area contributed by atoms with Gasteiger partial charge in [0.15, 0.2) is 40.7 Å². The molecule has 0 saturated heterocycles. The molecular weight excluding hydrogens is 684 g/mol. The molecule has 2 N–H and O–H groups in total. The average molecular weight is 712 g/mol. The largest absolute Gasteiger partial charge is 0.326 e. The fourth-order valence-electron chi connectivity index (χ4n) is 5.34. The van der Waals surface area contributed by atoms with Gasteiger partial charge >= 0.3 is 0 Å². The van der Waals surface area contributed by atoms with Crippen molar-refractivity contribution in [3.63, 3.8) is 0 Å². The van der Waals surface area contributed by atoms with Crippen molar-refractivity contribution < 1.29 is 48.9 Å². The number of amides is 1. The van der Waals surface area contributed by atoms with Gasteiger partial charge in [0.25, 0.3) is 10.1 Å². The van der Waals surface area contributed by atoms with Gasteiger partial charge in [-0.1, -0.05) is 60.7 Å². The molecule has 1 amide bonds. The summed E-state index contributed by atoms with van der Waals surface area (Å²) in [6, 6.07) is 21.7. The molecule has 0 spiro atoms. The highest BCUT2D eigenvalue weighted by Crippen LogP contribution is 2.31. The minimum atomic E-state index is -4.21. The fourth-order valence-corrected chi connectivity index (χ4v) is 5.85. The molecule has 5 rings (SSSR count). The van der Waals surface area contributed by atoms with Crippen LogP contribution < -0.4 is 5.32 Å². The molecule has 258 valence electrons. The number of benzene rings is 5. The Hall–Kier alpha value is -5.27.